The molecule has 1 fully saturated rings. The van der Waals surface area contributed by atoms with E-state index in [4.69, 9.17) is 11.6 Å². The topological polar surface area (TPSA) is 12.0 Å². The third kappa shape index (κ3) is 4.03. The van der Waals surface area contributed by atoms with Crippen molar-refractivity contribution in [2.45, 2.75) is 38.3 Å². The largest absolute Gasteiger partial charge is 0.418 e. The summed E-state index contributed by atoms with van der Waals surface area (Å²) in [6.45, 7) is 0.602. The molecule has 2 rings (SSSR count). The van der Waals surface area contributed by atoms with Gasteiger partial charge in [0.1, 0.15) is 0 Å². The van der Waals surface area contributed by atoms with Crippen LogP contribution in [0, 0.1) is 5.92 Å². The average molecular weight is 292 g/mol. The summed E-state index contributed by atoms with van der Waals surface area (Å²) in [5.74, 6) is 0.477. The van der Waals surface area contributed by atoms with Gasteiger partial charge in [-0.05, 0) is 37.0 Å². The highest BCUT2D eigenvalue weighted by Gasteiger charge is 2.33. The van der Waals surface area contributed by atoms with Gasteiger partial charge in [0.25, 0.3) is 0 Å². The zero-order chi connectivity index (χ0) is 13.9. The highest BCUT2D eigenvalue weighted by Crippen LogP contribution is 2.36. The van der Waals surface area contributed by atoms with Gasteiger partial charge >= 0.3 is 6.18 Å². The number of hydrogen-bond donors (Lipinski definition) is 1. The van der Waals surface area contributed by atoms with Crippen molar-refractivity contribution in [3.63, 3.8) is 0 Å². The van der Waals surface area contributed by atoms with Crippen molar-refractivity contribution in [3.8, 4) is 0 Å². The standard InChI is InChI=1S/C14H17ClF3N/c15-11-6-7-13(12(8-11)14(16,17)18)19-9-10-4-2-1-3-5-10/h6-8,10,19H,1-5,9H2. The molecule has 0 unspecified atom stereocenters. The minimum absolute atomic E-state index is 0.107. The van der Waals surface area contributed by atoms with Gasteiger partial charge in [0, 0.05) is 17.3 Å². The summed E-state index contributed by atoms with van der Waals surface area (Å²) in [4.78, 5) is 0. The summed E-state index contributed by atoms with van der Waals surface area (Å²) in [6, 6.07) is 3.87. The first kappa shape index (κ1) is 14.5. The molecule has 0 amide bonds. The molecular weight excluding hydrogens is 275 g/mol. The molecule has 1 aliphatic rings. The van der Waals surface area contributed by atoms with E-state index < -0.39 is 11.7 Å². The minimum Gasteiger partial charge on any atom is -0.384 e. The van der Waals surface area contributed by atoms with Crippen LogP contribution in [0.4, 0.5) is 18.9 Å². The van der Waals surface area contributed by atoms with E-state index in [9.17, 15) is 13.2 Å². The van der Waals surface area contributed by atoms with Gasteiger partial charge in [-0.1, -0.05) is 30.9 Å². The van der Waals surface area contributed by atoms with E-state index in [1.807, 2.05) is 0 Å². The summed E-state index contributed by atoms with van der Waals surface area (Å²) in [6.07, 6.45) is 1.42. The monoisotopic (exact) mass is 291 g/mol. The first-order valence-electron chi connectivity index (χ1n) is 6.57. The number of nitrogens with one attached hydrogen (secondary N) is 1. The number of rotatable bonds is 3. The molecule has 5 heteroatoms. The van der Waals surface area contributed by atoms with Gasteiger partial charge in [-0.2, -0.15) is 13.2 Å². The Morgan fingerprint density at radius 2 is 1.84 bits per heavy atom. The highest BCUT2D eigenvalue weighted by molar-refractivity contribution is 6.30. The molecule has 106 valence electrons. The SMILES string of the molecule is FC(F)(F)c1cc(Cl)ccc1NCC1CCCCC1. The van der Waals surface area contributed by atoms with Crippen molar-refractivity contribution in [2.75, 3.05) is 11.9 Å². The molecule has 1 saturated carbocycles. The summed E-state index contributed by atoms with van der Waals surface area (Å²) >= 11 is 5.64. The number of halogens is 4. The van der Waals surface area contributed by atoms with Crippen LogP contribution in [0.3, 0.4) is 0 Å². The second-order valence-electron chi connectivity index (χ2n) is 5.07. The Hall–Kier alpha value is -0.900. The summed E-state index contributed by atoms with van der Waals surface area (Å²) < 4.78 is 38.7. The number of benzene rings is 1. The molecule has 0 spiro atoms. The second-order valence-corrected chi connectivity index (χ2v) is 5.51. The van der Waals surface area contributed by atoms with Crippen LogP contribution in [0.2, 0.25) is 5.02 Å². The van der Waals surface area contributed by atoms with Crippen LogP contribution in [0.25, 0.3) is 0 Å². The third-order valence-electron chi connectivity index (χ3n) is 3.59. The predicted octanol–water partition coefficient (Wildman–Crippen LogP) is 5.35. The van der Waals surface area contributed by atoms with Crippen molar-refractivity contribution in [1.29, 1.82) is 0 Å². The van der Waals surface area contributed by atoms with Crippen molar-refractivity contribution < 1.29 is 13.2 Å². The van der Waals surface area contributed by atoms with Crippen molar-refractivity contribution >= 4 is 17.3 Å². The average Bonchev–Trinajstić information content (AvgIpc) is 2.37. The van der Waals surface area contributed by atoms with Gasteiger partial charge in [-0.25, -0.2) is 0 Å². The molecule has 1 aromatic carbocycles. The van der Waals surface area contributed by atoms with Crippen molar-refractivity contribution in [2.24, 2.45) is 5.92 Å². The van der Waals surface area contributed by atoms with Gasteiger partial charge in [0.2, 0.25) is 0 Å². The number of alkyl halides is 3. The zero-order valence-corrected chi connectivity index (χ0v) is 11.3. The first-order chi connectivity index (χ1) is 8.97. The Morgan fingerprint density at radius 1 is 1.16 bits per heavy atom. The molecule has 0 bridgehead atoms. The molecule has 0 aliphatic heterocycles. The Balaban J connectivity index is 2.06. The van der Waals surface area contributed by atoms with E-state index in [0.717, 1.165) is 18.9 Å². The second kappa shape index (κ2) is 6.04. The summed E-state index contributed by atoms with van der Waals surface area (Å²) in [5.41, 5.74) is -0.557. The highest BCUT2D eigenvalue weighted by atomic mass is 35.5. The fourth-order valence-electron chi connectivity index (χ4n) is 2.55. The lowest BCUT2D eigenvalue weighted by Gasteiger charge is -2.23. The molecule has 0 aromatic heterocycles. The fourth-order valence-corrected chi connectivity index (χ4v) is 2.72. The first-order valence-corrected chi connectivity index (χ1v) is 6.95. The van der Waals surface area contributed by atoms with Gasteiger partial charge < -0.3 is 5.32 Å². The summed E-state index contributed by atoms with van der Waals surface area (Å²) in [5, 5.41) is 3.05. The molecule has 1 N–H and O–H groups in total. The van der Waals surface area contributed by atoms with Crippen LogP contribution in [0.1, 0.15) is 37.7 Å². The Morgan fingerprint density at radius 3 is 2.47 bits per heavy atom. The maximum atomic E-state index is 12.9. The van der Waals surface area contributed by atoms with Crippen molar-refractivity contribution in [3.05, 3.63) is 28.8 Å². The van der Waals surface area contributed by atoms with Gasteiger partial charge in [-0.3, -0.25) is 0 Å². The van der Waals surface area contributed by atoms with Gasteiger partial charge in [0.15, 0.2) is 0 Å². The van der Waals surface area contributed by atoms with Gasteiger partial charge in [0.05, 0.1) is 5.56 Å². The van der Waals surface area contributed by atoms with Crippen LogP contribution in [0.15, 0.2) is 18.2 Å². The van der Waals surface area contributed by atoms with E-state index in [2.05, 4.69) is 5.32 Å². The van der Waals surface area contributed by atoms with Crippen LogP contribution >= 0.6 is 11.6 Å². The Kier molecular flexibility index (Phi) is 4.61. The molecule has 1 aromatic rings. The quantitative estimate of drug-likeness (QED) is 0.791. The minimum atomic E-state index is -4.38. The molecular formula is C14H17ClF3N. The number of anilines is 1. The van der Waals surface area contributed by atoms with E-state index >= 15 is 0 Å². The molecule has 1 aliphatic carbocycles. The van der Waals surface area contributed by atoms with E-state index in [0.29, 0.717) is 12.5 Å². The molecule has 0 radical (unpaired) electrons. The van der Waals surface area contributed by atoms with E-state index in [1.54, 1.807) is 0 Å². The molecule has 0 heterocycles. The normalized spacial score (nSPS) is 17.5. The van der Waals surface area contributed by atoms with Crippen LogP contribution < -0.4 is 5.32 Å². The van der Waals surface area contributed by atoms with Crippen LogP contribution in [-0.2, 0) is 6.18 Å². The van der Waals surface area contributed by atoms with Crippen LogP contribution in [-0.4, -0.2) is 6.54 Å². The summed E-state index contributed by atoms with van der Waals surface area (Å²) in [7, 11) is 0. The zero-order valence-electron chi connectivity index (χ0n) is 10.6. The lowest BCUT2D eigenvalue weighted by molar-refractivity contribution is -0.136. The predicted molar refractivity (Wildman–Crippen MR) is 71.5 cm³/mol. The van der Waals surface area contributed by atoms with Crippen molar-refractivity contribution in [1.82, 2.24) is 0 Å². The molecule has 1 nitrogen and oxygen atoms in total. The lowest BCUT2D eigenvalue weighted by atomic mass is 9.89. The maximum absolute atomic E-state index is 12.9. The molecule has 19 heavy (non-hydrogen) atoms. The lowest BCUT2D eigenvalue weighted by Crippen LogP contribution is -2.19. The Bertz CT molecular complexity index is 425. The smallest absolute Gasteiger partial charge is 0.384 e. The molecule has 0 atom stereocenters. The van der Waals surface area contributed by atoms with E-state index in [-0.39, 0.29) is 10.7 Å². The fraction of sp³-hybridized carbons (Fsp3) is 0.571. The Labute approximate surface area is 116 Å². The third-order valence-corrected chi connectivity index (χ3v) is 3.83. The number of hydrogen-bond acceptors (Lipinski definition) is 1. The molecule has 0 saturated heterocycles. The van der Waals surface area contributed by atoms with Crippen LogP contribution in [0.5, 0.6) is 0 Å². The van der Waals surface area contributed by atoms with E-state index in [1.165, 1.54) is 31.4 Å². The maximum Gasteiger partial charge on any atom is 0.418 e. The van der Waals surface area contributed by atoms with Gasteiger partial charge in [-0.15, -0.1) is 0 Å².